The summed E-state index contributed by atoms with van der Waals surface area (Å²) in [6.45, 7) is 1.98. The lowest BCUT2D eigenvalue weighted by Gasteiger charge is -2.18. The van der Waals surface area contributed by atoms with Crippen molar-refractivity contribution < 1.29 is 0 Å². The summed E-state index contributed by atoms with van der Waals surface area (Å²) >= 11 is 0. The Labute approximate surface area is 147 Å². The molecule has 3 N–H and O–H groups in total. The normalized spacial score (nSPS) is 15.9. The lowest BCUT2D eigenvalue weighted by atomic mass is 10.1. The quantitative estimate of drug-likeness (QED) is 0.610. The fourth-order valence-corrected chi connectivity index (χ4v) is 3.48. The maximum Gasteiger partial charge on any atom is 0.153 e. The van der Waals surface area contributed by atoms with E-state index < -0.39 is 0 Å². The van der Waals surface area contributed by atoms with E-state index in [2.05, 4.69) is 25.8 Å². The van der Waals surface area contributed by atoms with Gasteiger partial charge in [-0.25, -0.2) is 4.98 Å². The van der Waals surface area contributed by atoms with Crippen molar-refractivity contribution in [3.8, 4) is 0 Å². The predicted octanol–water partition coefficient (Wildman–Crippen LogP) is 4.54. The van der Waals surface area contributed by atoms with Crippen LogP contribution in [0.3, 0.4) is 0 Å². The number of hydrogen-bond donors (Lipinski definition) is 3. The molecule has 25 heavy (non-hydrogen) atoms. The number of aryl methyl sites for hydroxylation is 1. The Morgan fingerprint density at radius 3 is 2.68 bits per heavy atom. The molecule has 3 aromatic rings. The molecule has 1 fully saturated rings. The van der Waals surface area contributed by atoms with Crippen LogP contribution in [0.4, 0.5) is 17.5 Å². The van der Waals surface area contributed by atoms with Gasteiger partial charge >= 0.3 is 0 Å². The molecule has 0 aromatic carbocycles. The highest BCUT2D eigenvalue weighted by Gasteiger charge is 2.14. The second-order valence-electron chi connectivity index (χ2n) is 6.82. The predicted molar refractivity (Wildman–Crippen MR) is 101 cm³/mol. The van der Waals surface area contributed by atoms with E-state index in [9.17, 15) is 0 Å². The van der Waals surface area contributed by atoms with E-state index in [1.54, 1.807) is 0 Å². The van der Waals surface area contributed by atoms with E-state index in [1.165, 1.54) is 38.5 Å². The Bertz CT molecular complexity index is 848. The Morgan fingerprint density at radius 1 is 1.08 bits per heavy atom. The van der Waals surface area contributed by atoms with Gasteiger partial charge in [0.1, 0.15) is 11.6 Å². The van der Waals surface area contributed by atoms with Crippen LogP contribution in [0, 0.1) is 6.92 Å². The van der Waals surface area contributed by atoms with Gasteiger partial charge in [-0.1, -0.05) is 25.7 Å². The van der Waals surface area contributed by atoms with Crippen LogP contribution in [0.5, 0.6) is 0 Å². The minimum Gasteiger partial charge on any atom is -0.367 e. The second kappa shape index (κ2) is 7.09. The number of fused-ring (bicyclic) bond motifs is 1. The number of nitrogens with zero attached hydrogens (tertiary/aromatic N) is 3. The van der Waals surface area contributed by atoms with Gasteiger partial charge in [-0.15, -0.1) is 0 Å². The molecule has 1 saturated carbocycles. The number of anilines is 3. The van der Waals surface area contributed by atoms with Crippen LogP contribution in [0.1, 0.15) is 44.2 Å². The Balaban J connectivity index is 1.65. The molecule has 0 atom stereocenters. The minimum absolute atomic E-state index is 0.497. The molecule has 0 spiro atoms. The van der Waals surface area contributed by atoms with Gasteiger partial charge in [0.2, 0.25) is 0 Å². The zero-order valence-corrected chi connectivity index (χ0v) is 14.5. The molecule has 3 heterocycles. The molecule has 3 aromatic heterocycles. The topological polar surface area (TPSA) is 78.5 Å². The number of nitrogens with one attached hydrogen (secondary N) is 3. The highest BCUT2D eigenvalue weighted by Crippen LogP contribution is 2.27. The van der Waals surface area contributed by atoms with Crippen LogP contribution in [0.25, 0.3) is 10.9 Å². The summed E-state index contributed by atoms with van der Waals surface area (Å²) in [5, 5.41) is 15.2. The summed E-state index contributed by atoms with van der Waals surface area (Å²) in [6, 6.07) is 8.48. The Hall–Kier alpha value is -2.63. The van der Waals surface area contributed by atoms with Crippen LogP contribution in [-0.2, 0) is 0 Å². The number of aromatic amines is 1. The van der Waals surface area contributed by atoms with Crippen molar-refractivity contribution in [2.24, 2.45) is 0 Å². The molecule has 1 aliphatic carbocycles. The molecule has 130 valence electrons. The molecule has 0 unspecified atom stereocenters. The monoisotopic (exact) mass is 336 g/mol. The van der Waals surface area contributed by atoms with E-state index in [0.717, 1.165) is 34.1 Å². The van der Waals surface area contributed by atoms with Gasteiger partial charge < -0.3 is 10.6 Å². The fourth-order valence-electron chi connectivity index (χ4n) is 3.48. The van der Waals surface area contributed by atoms with Crippen LogP contribution in [0.15, 0.2) is 30.5 Å². The molecule has 0 amide bonds. The molecule has 4 rings (SSSR count). The van der Waals surface area contributed by atoms with Gasteiger partial charge in [0.15, 0.2) is 5.82 Å². The molecule has 6 nitrogen and oxygen atoms in total. The van der Waals surface area contributed by atoms with Gasteiger partial charge in [-0.2, -0.15) is 5.10 Å². The van der Waals surface area contributed by atoms with E-state index in [-0.39, 0.29) is 0 Å². The SMILES string of the molecule is Cc1cc(Nc2nc(NC3CCCCCC3)cc3ncccc23)n[nH]1. The first-order valence-electron chi connectivity index (χ1n) is 9.09. The first kappa shape index (κ1) is 15.9. The average Bonchev–Trinajstić information content (AvgIpc) is 2.86. The molecule has 0 aliphatic heterocycles. The zero-order valence-electron chi connectivity index (χ0n) is 14.5. The number of H-pyrrole nitrogens is 1. The van der Waals surface area contributed by atoms with Crippen molar-refractivity contribution in [2.75, 3.05) is 10.6 Å². The summed E-state index contributed by atoms with van der Waals surface area (Å²) in [5.41, 5.74) is 1.95. The summed E-state index contributed by atoms with van der Waals surface area (Å²) in [5.74, 6) is 2.43. The molecule has 0 radical (unpaired) electrons. The van der Waals surface area contributed by atoms with Gasteiger partial charge in [-0.3, -0.25) is 10.1 Å². The second-order valence-corrected chi connectivity index (χ2v) is 6.82. The highest BCUT2D eigenvalue weighted by molar-refractivity contribution is 5.92. The van der Waals surface area contributed by atoms with Gasteiger partial charge in [0.25, 0.3) is 0 Å². The molecule has 0 saturated heterocycles. The molecular formula is C19H24N6. The lowest BCUT2D eigenvalue weighted by molar-refractivity contribution is 0.618. The largest absolute Gasteiger partial charge is 0.367 e. The molecular weight excluding hydrogens is 312 g/mol. The molecule has 6 heteroatoms. The van der Waals surface area contributed by atoms with Crippen molar-refractivity contribution >= 4 is 28.4 Å². The number of pyridine rings is 2. The van der Waals surface area contributed by atoms with Gasteiger partial charge in [0, 0.05) is 35.5 Å². The first-order chi connectivity index (χ1) is 12.3. The minimum atomic E-state index is 0.497. The fraction of sp³-hybridized carbons (Fsp3) is 0.421. The maximum atomic E-state index is 4.81. The number of rotatable bonds is 4. The first-order valence-corrected chi connectivity index (χ1v) is 9.09. The number of hydrogen-bond acceptors (Lipinski definition) is 5. The van der Waals surface area contributed by atoms with Crippen LogP contribution in [-0.4, -0.2) is 26.2 Å². The summed E-state index contributed by atoms with van der Waals surface area (Å²) in [4.78, 5) is 9.33. The van der Waals surface area contributed by atoms with Crippen molar-refractivity contribution in [3.05, 3.63) is 36.2 Å². The third kappa shape index (κ3) is 3.73. The van der Waals surface area contributed by atoms with Gasteiger partial charge in [-0.05, 0) is 31.9 Å². The van der Waals surface area contributed by atoms with Crippen molar-refractivity contribution in [3.63, 3.8) is 0 Å². The lowest BCUT2D eigenvalue weighted by Crippen LogP contribution is -2.19. The standard InChI is InChI=1S/C19H24N6/c1-13-11-18(25-24-13)23-19-15-9-6-10-20-16(15)12-17(22-19)21-14-7-4-2-3-5-8-14/h6,9-12,14H,2-5,7-8H2,1H3,(H3,21,22,23,24,25). The number of aromatic nitrogens is 4. The van der Waals surface area contributed by atoms with E-state index >= 15 is 0 Å². The highest BCUT2D eigenvalue weighted by atomic mass is 15.2. The molecule has 1 aliphatic rings. The average molecular weight is 336 g/mol. The molecule has 0 bridgehead atoms. The van der Waals surface area contributed by atoms with Crippen LogP contribution in [0.2, 0.25) is 0 Å². The maximum absolute atomic E-state index is 4.81. The van der Waals surface area contributed by atoms with Crippen molar-refractivity contribution in [1.29, 1.82) is 0 Å². The van der Waals surface area contributed by atoms with Crippen molar-refractivity contribution in [1.82, 2.24) is 20.2 Å². The van der Waals surface area contributed by atoms with E-state index in [4.69, 9.17) is 4.98 Å². The summed E-state index contributed by atoms with van der Waals surface area (Å²) < 4.78 is 0. The smallest absolute Gasteiger partial charge is 0.153 e. The van der Waals surface area contributed by atoms with Gasteiger partial charge in [0.05, 0.1) is 5.52 Å². The Kier molecular flexibility index (Phi) is 4.50. The van der Waals surface area contributed by atoms with Crippen LogP contribution >= 0.6 is 0 Å². The zero-order chi connectivity index (χ0) is 17.1. The third-order valence-electron chi connectivity index (χ3n) is 4.76. The van der Waals surface area contributed by atoms with E-state index in [0.29, 0.717) is 6.04 Å². The summed E-state index contributed by atoms with van der Waals surface area (Å²) in [7, 11) is 0. The Morgan fingerprint density at radius 2 is 1.92 bits per heavy atom. The van der Waals surface area contributed by atoms with E-state index in [1.807, 2.05) is 37.4 Å². The van der Waals surface area contributed by atoms with Crippen LogP contribution < -0.4 is 10.6 Å². The van der Waals surface area contributed by atoms with Crippen molar-refractivity contribution in [2.45, 2.75) is 51.5 Å². The third-order valence-corrected chi connectivity index (χ3v) is 4.76. The summed E-state index contributed by atoms with van der Waals surface area (Å²) in [6.07, 6.45) is 9.52.